The lowest BCUT2D eigenvalue weighted by atomic mass is 10.1. The molecule has 19 heavy (non-hydrogen) atoms. The maximum atomic E-state index is 13.7. The molecule has 0 bridgehead atoms. The first-order chi connectivity index (χ1) is 9.04. The number of aromatic nitrogens is 1. The zero-order valence-electron chi connectivity index (χ0n) is 10.9. The number of para-hydroxylation sites is 1. The Morgan fingerprint density at radius 2 is 2.21 bits per heavy atom. The van der Waals surface area contributed by atoms with Gasteiger partial charge in [-0.25, -0.2) is 9.37 Å². The standard InChI is InChI=1S/C14H15FN2O2/c1-9-8-11(14(19)17(2)6-7-18)10-4-3-5-12(15)13(10)16-9/h3-5,8,18H,6-7H2,1-2H3. The molecular formula is C14H15FN2O2. The summed E-state index contributed by atoms with van der Waals surface area (Å²) in [6.45, 7) is 1.84. The summed E-state index contributed by atoms with van der Waals surface area (Å²) in [6.07, 6.45) is 0. The monoisotopic (exact) mass is 262 g/mol. The number of aliphatic hydroxyl groups is 1. The number of aliphatic hydroxyl groups excluding tert-OH is 1. The Hall–Kier alpha value is -2.01. The molecule has 0 aliphatic rings. The molecule has 0 fully saturated rings. The van der Waals surface area contributed by atoms with Crippen LogP contribution in [-0.4, -0.2) is 41.1 Å². The van der Waals surface area contributed by atoms with Gasteiger partial charge < -0.3 is 10.0 Å². The highest BCUT2D eigenvalue weighted by molar-refractivity contribution is 6.06. The molecule has 0 saturated heterocycles. The molecule has 1 aromatic carbocycles. The summed E-state index contributed by atoms with van der Waals surface area (Å²) < 4.78 is 13.7. The first-order valence-corrected chi connectivity index (χ1v) is 5.96. The summed E-state index contributed by atoms with van der Waals surface area (Å²) >= 11 is 0. The SMILES string of the molecule is Cc1cc(C(=O)N(C)CCO)c2cccc(F)c2n1. The molecule has 0 spiro atoms. The van der Waals surface area contributed by atoms with Gasteiger partial charge in [0.05, 0.1) is 12.2 Å². The minimum Gasteiger partial charge on any atom is -0.395 e. The quantitative estimate of drug-likeness (QED) is 0.916. The van der Waals surface area contributed by atoms with Crippen molar-refractivity contribution in [3.63, 3.8) is 0 Å². The molecule has 1 N–H and O–H groups in total. The Bertz CT molecular complexity index is 628. The number of rotatable bonds is 3. The maximum absolute atomic E-state index is 13.7. The van der Waals surface area contributed by atoms with Crippen molar-refractivity contribution < 1.29 is 14.3 Å². The van der Waals surface area contributed by atoms with Crippen LogP contribution in [-0.2, 0) is 0 Å². The first-order valence-electron chi connectivity index (χ1n) is 5.96. The number of hydrogen-bond donors (Lipinski definition) is 1. The van der Waals surface area contributed by atoms with E-state index in [1.807, 2.05) is 0 Å². The molecule has 0 atom stereocenters. The zero-order valence-corrected chi connectivity index (χ0v) is 10.9. The highest BCUT2D eigenvalue weighted by Crippen LogP contribution is 2.21. The predicted molar refractivity (Wildman–Crippen MR) is 70.5 cm³/mol. The second-order valence-electron chi connectivity index (χ2n) is 4.40. The fourth-order valence-electron chi connectivity index (χ4n) is 1.98. The fourth-order valence-corrected chi connectivity index (χ4v) is 1.98. The predicted octanol–water partition coefficient (Wildman–Crippen LogP) is 1.75. The summed E-state index contributed by atoms with van der Waals surface area (Å²) in [7, 11) is 1.60. The van der Waals surface area contributed by atoms with E-state index in [-0.39, 0.29) is 24.6 Å². The summed E-state index contributed by atoms with van der Waals surface area (Å²) in [4.78, 5) is 17.8. The highest BCUT2D eigenvalue weighted by Gasteiger charge is 2.17. The van der Waals surface area contributed by atoms with Gasteiger partial charge in [-0.2, -0.15) is 0 Å². The first kappa shape index (κ1) is 13.4. The van der Waals surface area contributed by atoms with E-state index >= 15 is 0 Å². The summed E-state index contributed by atoms with van der Waals surface area (Å²) in [6, 6.07) is 6.18. The largest absolute Gasteiger partial charge is 0.395 e. The van der Waals surface area contributed by atoms with Crippen molar-refractivity contribution in [1.82, 2.24) is 9.88 Å². The van der Waals surface area contributed by atoms with Crippen LogP contribution in [0.3, 0.4) is 0 Å². The third-order valence-corrected chi connectivity index (χ3v) is 2.93. The van der Waals surface area contributed by atoms with Crippen molar-refractivity contribution in [3.8, 4) is 0 Å². The molecule has 2 aromatic rings. The van der Waals surface area contributed by atoms with Gasteiger partial charge in [-0.15, -0.1) is 0 Å². The van der Waals surface area contributed by atoms with Crippen LogP contribution in [0.2, 0.25) is 0 Å². The van der Waals surface area contributed by atoms with Crippen LogP contribution < -0.4 is 0 Å². The van der Waals surface area contributed by atoms with Gasteiger partial charge in [0.25, 0.3) is 5.91 Å². The molecule has 5 heteroatoms. The van der Waals surface area contributed by atoms with Crippen LogP contribution in [0.4, 0.5) is 4.39 Å². The topological polar surface area (TPSA) is 53.4 Å². The molecular weight excluding hydrogens is 247 g/mol. The maximum Gasteiger partial charge on any atom is 0.254 e. The van der Waals surface area contributed by atoms with E-state index in [0.717, 1.165) is 0 Å². The Morgan fingerprint density at radius 3 is 2.89 bits per heavy atom. The van der Waals surface area contributed by atoms with Gasteiger partial charge in [-0.05, 0) is 19.1 Å². The van der Waals surface area contributed by atoms with E-state index in [2.05, 4.69) is 4.98 Å². The summed E-state index contributed by atoms with van der Waals surface area (Å²) in [5.41, 5.74) is 1.18. The number of benzene rings is 1. The highest BCUT2D eigenvalue weighted by atomic mass is 19.1. The van der Waals surface area contributed by atoms with Crippen molar-refractivity contribution in [1.29, 1.82) is 0 Å². The number of fused-ring (bicyclic) bond motifs is 1. The van der Waals surface area contributed by atoms with Gasteiger partial charge >= 0.3 is 0 Å². The van der Waals surface area contributed by atoms with Crippen LogP contribution in [0.15, 0.2) is 24.3 Å². The Morgan fingerprint density at radius 1 is 1.47 bits per heavy atom. The Kier molecular flexibility index (Phi) is 3.76. The number of hydrogen-bond acceptors (Lipinski definition) is 3. The number of carbonyl (C=O) groups is 1. The van der Waals surface area contributed by atoms with E-state index in [0.29, 0.717) is 16.6 Å². The number of carbonyl (C=O) groups excluding carboxylic acids is 1. The lowest BCUT2D eigenvalue weighted by molar-refractivity contribution is 0.0768. The molecule has 0 aliphatic heterocycles. The Balaban J connectivity index is 2.60. The average molecular weight is 262 g/mol. The summed E-state index contributed by atoms with van der Waals surface area (Å²) in [5, 5.41) is 9.36. The minimum absolute atomic E-state index is 0.113. The van der Waals surface area contributed by atoms with Gasteiger partial charge in [0.2, 0.25) is 0 Å². The zero-order chi connectivity index (χ0) is 14.0. The van der Waals surface area contributed by atoms with Gasteiger partial charge in [0.1, 0.15) is 11.3 Å². The molecule has 0 aliphatic carbocycles. The normalized spacial score (nSPS) is 10.7. The van der Waals surface area contributed by atoms with Crippen molar-refractivity contribution in [2.75, 3.05) is 20.2 Å². The van der Waals surface area contributed by atoms with Crippen molar-refractivity contribution in [3.05, 3.63) is 41.3 Å². The van der Waals surface area contributed by atoms with E-state index in [9.17, 15) is 9.18 Å². The molecule has 1 heterocycles. The van der Waals surface area contributed by atoms with E-state index in [1.54, 1.807) is 32.2 Å². The van der Waals surface area contributed by atoms with Gasteiger partial charge in [-0.3, -0.25) is 4.79 Å². The van der Waals surface area contributed by atoms with Crippen molar-refractivity contribution >= 4 is 16.8 Å². The molecule has 1 aromatic heterocycles. The van der Waals surface area contributed by atoms with E-state index in [1.165, 1.54) is 11.0 Å². The number of likely N-dealkylation sites (N-methyl/N-ethyl adjacent to an activating group) is 1. The molecule has 2 rings (SSSR count). The minimum atomic E-state index is -0.444. The Labute approximate surface area is 110 Å². The molecule has 0 unspecified atom stereocenters. The third kappa shape index (κ3) is 2.56. The van der Waals surface area contributed by atoms with Crippen LogP contribution in [0.25, 0.3) is 10.9 Å². The third-order valence-electron chi connectivity index (χ3n) is 2.93. The van der Waals surface area contributed by atoms with Crippen LogP contribution in [0.1, 0.15) is 16.1 Å². The van der Waals surface area contributed by atoms with Gasteiger partial charge in [0, 0.05) is 24.7 Å². The van der Waals surface area contributed by atoms with Crippen molar-refractivity contribution in [2.45, 2.75) is 6.92 Å². The van der Waals surface area contributed by atoms with E-state index in [4.69, 9.17) is 5.11 Å². The van der Waals surface area contributed by atoms with Crippen LogP contribution >= 0.6 is 0 Å². The molecule has 100 valence electrons. The van der Waals surface area contributed by atoms with Gasteiger partial charge in [0.15, 0.2) is 0 Å². The number of aryl methyl sites for hydroxylation is 1. The van der Waals surface area contributed by atoms with Crippen LogP contribution in [0, 0.1) is 12.7 Å². The van der Waals surface area contributed by atoms with E-state index < -0.39 is 5.82 Å². The lowest BCUT2D eigenvalue weighted by Gasteiger charge is -2.17. The number of nitrogens with zero attached hydrogens (tertiary/aromatic N) is 2. The molecule has 0 radical (unpaired) electrons. The van der Waals surface area contributed by atoms with Crippen molar-refractivity contribution in [2.24, 2.45) is 0 Å². The van der Waals surface area contributed by atoms with Crippen LogP contribution in [0.5, 0.6) is 0 Å². The molecule has 0 saturated carbocycles. The molecule has 4 nitrogen and oxygen atoms in total. The number of amides is 1. The lowest BCUT2D eigenvalue weighted by Crippen LogP contribution is -2.29. The number of pyridine rings is 1. The summed E-state index contributed by atoms with van der Waals surface area (Å²) in [5.74, 6) is -0.699. The smallest absolute Gasteiger partial charge is 0.254 e. The van der Waals surface area contributed by atoms with Gasteiger partial charge in [-0.1, -0.05) is 12.1 Å². The second-order valence-corrected chi connectivity index (χ2v) is 4.40. The fraction of sp³-hybridized carbons (Fsp3) is 0.286. The second kappa shape index (κ2) is 5.32. The number of halogens is 1. The molecule has 1 amide bonds. The average Bonchev–Trinajstić information content (AvgIpc) is 2.38.